The van der Waals surface area contributed by atoms with Gasteiger partial charge in [0.15, 0.2) is 5.82 Å². The molecule has 4 aromatic rings. The highest BCUT2D eigenvalue weighted by atomic mass is 32.1. The third kappa shape index (κ3) is 5.25. The number of rotatable bonds is 5. The molecule has 0 bridgehead atoms. The van der Waals surface area contributed by atoms with E-state index in [0.717, 1.165) is 42.9 Å². The summed E-state index contributed by atoms with van der Waals surface area (Å²) in [5.41, 5.74) is 3.66. The Morgan fingerprint density at radius 1 is 1.00 bits per heavy atom. The number of benzene rings is 2. The fraction of sp³-hybridized carbons (Fsp3) is 0.393. The van der Waals surface area contributed by atoms with Crippen LogP contribution in [0.25, 0.3) is 22.6 Å². The van der Waals surface area contributed by atoms with Gasteiger partial charge in [-0.15, -0.1) is 0 Å². The summed E-state index contributed by atoms with van der Waals surface area (Å²) in [4.78, 5) is 31.1. The quantitative estimate of drug-likeness (QED) is 0.371. The number of H-pyrrole nitrogens is 1. The van der Waals surface area contributed by atoms with Crippen molar-refractivity contribution in [3.8, 4) is 11.5 Å². The molecule has 0 spiro atoms. The maximum absolute atomic E-state index is 13.7. The van der Waals surface area contributed by atoms with Crippen LogP contribution < -0.4 is 15.1 Å². The van der Waals surface area contributed by atoms with Crippen LogP contribution in [-0.2, 0) is 17.4 Å². The van der Waals surface area contributed by atoms with Gasteiger partial charge in [0.05, 0.1) is 17.5 Å². The Balaban J connectivity index is 1.21. The van der Waals surface area contributed by atoms with Gasteiger partial charge in [0.2, 0.25) is 10.9 Å². The molecule has 4 heterocycles. The molecule has 2 aliphatic heterocycles. The number of aromatic amines is 1. The van der Waals surface area contributed by atoms with Gasteiger partial charge in [0, 0.05) is 57.5 Å². The molecule has 2 aromatic carbocycles. The van der Waals surface area contributed by atoms with E-state index in [2.05, 4.69) is 31.2 Å². The lowest BCUT2D eigenvalue weighted by molar-refractivity contribution is -0.137. The van der Waals surface area contributed by atoms with E-state index in [4.69, 9.17) is 0 Å². The van der Waals surface area contributed by atoms with Crippen LogP contribution in [0, 0.1) is 0 Å². The van der Waals surface area contributed by atoms with E-state index < -0.39 is 11.2 Å². The van der Waals surface area contributed by atoms with E-state index in [0.29, 0.717) is 47.3 Å². The number of carbonyl (C=O) groups is 1. The highest BCUT2D eigenvalue weighted by Gasteiger charge is 2.39. The number of nitrogens with zero attached hydrogens (tertiary/aromatic N) is 5. The number of aromatic nitrogens is 3. The third-order valence-electron chi connectivity index (χ3n) is 7.49. The number of hydrogen-bond donors (Lipinski definition) is 2. The summed E-state index contributed by atoms with van der Waals surface area (Å²) < 4.78 is 41.2. The Bertz CT molecular complexity index is 1480. The topological polar surface area (TPSA) is 80.4 Å². The summed E-state index contributed by atoms with van der Waals surface area (Å²) in [5.74, 6) is 0.325. The van der Waals surface area contributed by atoms with Crippen molar-refractivity contribution in [2.45, 2.75) is 25.6 Å². The first kappa shape index (κ1) is 26.6. The lowest BCUT2D eigenvalue weighted by Crippen LogP contribution is -2.54. The molecule has 12 heteroatoms. The number of nitrogens with one attached hydrogen (secondary N) is 2. The van der Waals surface area contributed by atoms with Crippen molar-refractivity contribution in [1.29, 1.82) is 0 Å². The lowest BCUT2D eigenvalue weighted by atomic mass is 10.1. The molecule has 2 saturated heterocycles. The molecule has 0 radical (unpaired) electrons. The van der Waals surface area contributed by atoms with Crippen LogP contribution in [0.1, 0.15) is 17.5 Å². The normalized spacial score (nSPS) is 18.5. The first-order valence-electron chi connectivity index (χ1n) is 13.4. The van der Waals surface area contributed by atoms with Crippen molar-refractivity contribution >= 4 is 39.0 Å². The number of imidazole rings is 1. The molecule has 2 aliphatic rings. The first-order chi connectivity index (χ1) is 19.3. The summed E-state index contributed by atoms with van der Waals surface area (Å²) in [6.45, 7) is 6.76. The number of carbonyl (C=O) groups excluding carboxylic acids is 1. The number of halogens is 3. The number of amides is 1. The van der Waals surface area contributed by atoms with Gasteiger partial charge in [-0.1, -0.05) is 41.7 Å². The van der Waals surface area contributed by atoms with Crippen molar-refractivity contribution in [2.24, 2.45) is 0 Å². The number of piperazine rings is 2. The minimum atomic E-state index is -4.56. The molecular formula is C28H30F3N7OS. The first-order valence-corrected chi connectivity index (χ1v) is 14.2. The molecule has 2 fully saturated rings. The third-order valence-corrected chi connectivity index (χ3v) is 8.65. The minimum absolute atomic E-state index is 0.0209. The molecule has 0 aliphatic carbocycles. The molecule has 1 atom stereocenters. The predicted molar refractivity (Wildman–Crippen MR) is 151 cm³/mol. The van der Waals surface area contributed by atoms with Gasteiger partial charge >= 0.3 is 6.18 Å². The van der Waals surface area contributed by atoms with Crippen LogP contribution in [0.15, 0.2) is 48.5 Å². The monoisotopic (exact) mass is 569 g/mol. The second kappa shape index (κ2) is 10.7. The van der Waals surface area contributed by atoms with Crippen LogP contribution in [-0.4, -0.2) is 77.6 Å². The second-order valence-corrected chi connectivity index (χ2v) is 11.2. The fourth-order valence-electron chi connectivity index (χ4n) is 5.52. The van der Waals surface area contributed by atoms with Crippen molar-refractivity contribution in [2.75, 3.05) is 55.6 Å². The molecular weight excluding hydrogens is 539 g/mol. The molecule has 210 valence electrons. The molecule has 1 amide bonds. The van der Waals surface area contributed by atoms with Gasteiger partial charge in [-0.3, -0.25) is 4.79 Å². The van der Waals surface area contributed by atoms with Crippen LogP contribution in [0.4, 0.5) is 23.9 Å². The maximum Gasteiger partial charge on any atom is 0.443 e. The Hall–Kier alpha value is -3.64. The summed E-state index contributed by atoms with van der Waals surface area (Å²) in [6, 6.07) is 15.1. The minimum Gasteiger partial charge on any atom is -0.369 e. The van der Waals surface area contributed by atoms with Crippen molar-refractivity contribution < 1.29 is 18.0 Å². The van der Waals surface area contributed by atoms with E-state index in [9.17, 15) is 18.0 Å². The van der Waals surface area contributed by atoms with Gasteiger partial charge in [0.25, 0.3) is 0 Å². The number of alkyl halides is 3. The Labute approximate surface area is 233 Å². The molecule has 1 unspecified atom stereocenters. The number of para-hydroxylation sites is 3. The van der Waals surface area contributed by atoms with Crippen LogP contribution in [0.5, 0.6) is 0 Å². The molecule has 6 rings (SSSR count). The zero-order chi connectivity index (χ0) is 27.9. The molecule has 2 aromatic heterocycles. The van der Waals surface area contributed by atoms with Gasteiger partial charge < -0.3 is 25.0 Å². The van der Waals surface area contributed by atoms with E-state index >= 15 is 0 Å². The van der Waals surface area contributed by atoms with E-state index in [1.807, 2.05) is 53.1 Å². The number of fused-ring (bicyclic) bond motifs is 1. The average molecular weight is 570 g/mol. The lowest BCUT2D eigenvalue weighted by Gasteiger charge is -2.40. The van der Waals surface area contributed by atoms with E-state index in [1.54, 1.807) is 6.07 Å². The summed E-state index contributed by atoms with van der Waals surface area (Å²) >= 11 is 0.625. The van der Waals surface area contributed by atoms with Gasteiger partial charge in [-0.2, -0.15) is 13.2 Å². The SMILES string of the molecule is CC1CN(c2sc(C(F)(F)F)nc2-c2nc3ccccc3[nH]2)CCN1C(=O)Cc1ccccc1N1CCNCC1. The zero-order valence-corrected chi connectivity index (χ0v) is 22.9. The second-order valence-electron chi connectivity index (χ2n) is 10.2. The predicted octanol–water partition coefficient (Wildman–Crippen LogP) is 4.39. The molecule has 40 heavy (non-hydrogen) atoms. The maximum atomic E-state index is 13.7. The summed E-state index contributed by atoms with van der Waals surface area (Å²) in [6.07, 6.45) is -4.28. The standard InChI is InChI=1S/C28H30F3N7OS/c1-18-17-37(14-15-38(18)23(39)16-19-6-2-5-9-22(19)36-12-10-32-11-13-36)26-24(35-27(40-26)28(29,30)31)25-33-20-7-3-4-8-21(20)34-25/h2-9,18,32H,10-17H2,1H3,(H,33,34). The molecule has 2 N–H and O–H groups in total. The summed E-state index contributed by atoms with van der Waals surface area (Å²) in [5, 5.41) is 2.86. The van der Waals surface area contributed by atoms with Crippen LogP contribution in [0.3, 0.4) is 0 Å². The Kier molecular flexibility index (Phi) is 7.13. The van der Waals surface area contributed by atoms with Gasteiger partial charge in [-0.05, 0) is 30.7 Å². The number of anilines is 2. The molecule has 8 nitrogen and oxygen atoms in total. The largest absolute Gasteiger partial charge is 0.443 e. The molecule has 0 saturated carbocycles. The highest BCUT2D eigenvalue weighted by molar-refractivity contribution is 7.16. The van der Waals surface area contributed by atoms with Crippen molar-refractivity contribution in [3.63, 3.8) is 0 Å². The number of hydrogen-bond acceptors (Lipinski definition) is 7. The van der Waals surface area contributed by atoms with Gasteiger partial charge in [-0.25, -0.2) is 9.97 Å². The van der Waals surface area contributed by atoms with Gasteiger partial charge in [0.1, 0.15) is 10.7 Å². The number of thiazole rings is 1. The van der Waals surface area contributed by atoms with Crippen molar-refractivity contribution in [3.05, 3.63) is 59.1 Å². The average Bonchev–Trinajstić information content (AvgIpc) is 3.59. The zero-order valence-electron chi connectivity index (χ0n) is 22.0. The van der Waals surface area contributed by atoms with E-state index in [1.165, 1.54) is 0 Å². The Morgan fingerprint density at radius 3 is 2.50 bits per heavy atom. The Morgan fingerprint density at radius 2 is 1.75 bits per heavy atom. The highest BCUT2D eigenvalue weighted by Crippen LogP contribution is 2.42. The van der Waals surface area contributed by atoms with Crippen LogP contribution >= 0.6 is 11.3 Å². The van der Waals surface area contributed by atoms with Crippen molar-refractivity contribution in [1.82, 2.24) is 25.2 Å². The van der Waals surface area contributed by atoms with E-state index in [-0.39, 0.29) is 24.1 Å². The fourth-order valence-corrected chi connectivity index (χ4v) is 6.49. The van der Waals surface area contributed by atoms with Crippen LogP contribution in [0.2, 0.25) is 0 Å². The summed E-state index contributed by atoms with van der Waals surface area (Å²) in [7, 11) is 0. The smallest absolute Gasteiger partial charge is 0.369 e.